The molecule has 2 atom stereocenters. The number of allylic oxidation sites excluding steroid dienone is 1. The topological polar surface area (TPSA) is 54.0 Å². The average molecular weight is 639 g/mol. The Morgan fingerprint density at radius 3 is 1.84 bits per heavy atom. The van der Waals surface area contributed by atoms with Gasteiger partial charge in [0.2, 0.25) is 8.32 Å². The van der Waals surface area contributed by atoms with Gasteiger partial charge in [-0.15, -0.1) is 0 Å². The van der Waals surface area contributed by atoms with E-state index < -0.39 is 16.6 Å². The molecule has 0 spiro atoms. The van der Waals surface area contributed by atoms with Gasteiger partial charge in [-0.2, -0.15) is 0 Å². The van der Waals surface area contributed by atoms with Gasteiger partial charge in [-0.3, -0.25) is 4.79 Å². The van der Waals surface area contributed by atoms with Crippen LogP contribution in [-0.4, -0.2) is 48.0 Å². The van der Waals surface area contributed by atoms with E-state index in [2.05, 4.69) is 129 Å². The summed E-state index contributed by atoms with van der Waals surface area (Å²) in [5.41, 5.74) is 1.51. The Hall–Kier alpha value is -2.20. The van der Waals surface area contributed by atoms with Crippen molar-refractivity contribution in [3.63, 3.8) is 0 Å². The monoisotopic (exact) mass is 638 g/mol. The molecule has 3 rings (SSSR count). The summed E-state index contributed by atoms with van der Waals surface area (Å²) in [5.74, 6) is 0.702. The van der Waals surface area contributed by atoms with Crippen LogP contribution in [0.1, 0.15) is 94.9 Å². The number of carbonyl (C=O) groups excluding carboxylic acids is 1. The first-order valence-electron chi connectivity index (χ1n) is 16.7. The van der Waals surface area contributed by atoms with Crippen molar-refractivity contribution in [1.29, 1.82) is 0 Å². The first-order valence-corrected chi connectivity index (χ1v) is 20.7. The number of carbonyl (C=O) groups is 1. The van der Waals surface area contributed by atoms with Crippen LogP contribution in [0.15, 0.2) is 72.5 Å². The maximum Gasteiger partial charge on any atom is 0.302 e. The quantitative estimate of drug-likeness (QED) is 0.111. The van der Waals surface area contributed by atoms with Gasteiger partial charge in [0.1, 0.15) is 6.10 Å². The Morgan fingerprint density at radius 2 is 1.39 bits per heavy atom. The van der Waals surface area contributed by atoms with Crippen molar-refractivity contribution in [2.24, 2.45) is 0 Å². The van der Waals surface area contributed by atoms with E-state index >= 15 is 0 Å². The average Bonchev–Trinajstić information content (AvgIpc) is 2.96. The highest BCUT2D eigenvalue weighted by Crippen LogP contribution is 2.44. The summed E-state index contributed by atoms with van der Waals surface area (Å²) in [5, 5.41) is 2.50. The summed E-state index contributed by atoms with van der Waals surface area (Å²) in [6.07, 6.45) is 5.25. The highest BCUT2D eigenvalue weighted by molar-refractivity contribution is 6.99. The molecule has 0 N–H and O–H groups in total. The minimum Gasteiger partial charge on any atom is -0.495 e. The molecule has 0 saturated heterocycles. The third kappa shape index (κ3) is 8.53. The number of ether oxygens (including phenoxy) is 2. The molecule has 0 aliphatic carbocycles. The van der Waals surface area contributed by atoms with Gasteiger partial charge in [0, 0.05) is 32.8 Å². The summed E-state index contributed by atoms with van der Waals surface area (Å²) in [7, 11) is -4.73. The van der Waals surface area contributed by atoms with Crippen LogP contribution in [0.2, 0.25) is 21.7 Å². The molecule has 2 aromatic carbocycles. The number of esters is 1. The van der Waals surface area contributed by atoms with E-state index in [4.69, 9.17) is 18.3 Å². The fourth-order valence-corrected chi connectivity index (χ4v) is 17.6. The minimum atomic E-state index is -2.63. The van der Waals surface area contributed by atoms with E-state index in [1.165, 1.54) is 17.3 Å². The lowest BCUT2D eigenvalue weighted by atomic mass is 10.0. The molecule has 2 aromatic rings. The van der Waals surface area contributed by atoms with Crippen LogP contribution in [0.3, 0.4) is 0 Å². The Balaban J connectivity index is 1.87. The van der Waals surface area contributed by atoms with Gasteiger partial charge in [-0.1, -0.05) is 123 Å². The summed E-state index contributed by atoms with van der Waals surface area (Å²) < 4.78 is 26.3. The smallest absolute Gasteiger partial charge is 0.302 e. The zero-order valence-electron chi connectivity index (χ0n) is 29.0. The lowest BCUT2D eigenvalue weighted by Gasteiger charge is -2.46. The second kappa shape index (κ2) is 15.9. The molecular formula is C37H58O5Si2. The molecular weight excluding hydrogens is 581 g/mol. The molecule has 44 heavy (non-hydrogen) atoms. The van der Waals surface area contributed by atoms with Gasteiger partial charge in [0.15, 0.2) is 0 Å². The molecule has 5 nitrogen and oxygen atoms in total. The lowest BCUT2D eigenvalue weighted by molar-refractivity contribution is -0.141. The van der Waals surface area contributed by atoms with E-state index in [9.17, 15) is 4.79 Å². The number of hydrogen-bond donors (Lipinski definition) is 0. The Morgan fingerprint density at radius 1 is 0.864 bits per heavy atom. The molecule has 7 heteroatoms. The second-order valence-electron chi connectivity index (χ2n) is 14.3. The van der Waals surface area contributed by atoms with Gasteiger partial charge in [-0.25, -0.2) is 0 Å². The molecule has 0 radical (unpaired) electrons. The van der Waals surface area contributed by atoms with Crippen molar-refractivity contribution in [1.82, 2.24) is 0 Å². The zero-order valence-corrected chi connectivity index (χ0v) is 31.0. The van der Waals surface area contributed by atoms with Crippen LogP contribution in [-0.2, 0) is 23.1 Å². The van der Waals surface area contributed by atoms with Crippen LogP contribution in [0, 0.1) is 0 Å². The van der Waals surface area contributed by atoms with Gasteiger partial charge in [0.25, 0.3) is 8.32 Å². The van der Waals surface area contributed by atoms with Gasteiger partial charge in [-0.05, 0) is 44.5 Å². The molecule has 0 unspecified atom stereocenters. The Bertz CT molecular complexity index is 1130. The van der Waals surface area contributed by atoms with Crippen molar-refractivity contribution in [2.45, 2.75) is 129 Å². The fraction of sp³-hybridized carbons (Fsp3) is 0.595. The third-order valence-corrected chi connectivity index (χ3v) is 20.5. The molecule has 0 aromatic heterocycles. The molecule has 1 aliphatic rings. The SMILES string of the molecule is CC(=O)OCCCC1=C[C@H](O[Si](C(C)C)(C(C)C)C(C)C)C[C@@H](CCO[Si](c2ccccc2)(c2ccccc2)C(C)(C)C)O1. The normalized spacial score (nSPS) is 18.0. The van der Waals surface area contributed by atoms with Crippen LogP contribution < -0.4 is 10.4 Å². The largest absolute Gasteiger partial charge is 0.495 e. The van der Waals surface area contributed by atoms with Crippen LogP contribution in [0.5, 0.6) is 0 Å². The summed E-state index contributed by atoms with van der Waals surface area (Å²) in [6.45, 7) is 23.4. The van der Waals surface area contributed by atoms with Crippen molar-refractivity contribution in [3.8, 4) is 0 Å². The second-order valence-corrected chi connectivity index (χ2v) is 24.0. The van der Waals surface area contributed by atoms with E-state index in [-0.39, 0.29) is 23.2 Å². The minimum absolute atomic E-state index is 0.00390. The predicted molar refractivity (Wildman–Crippen MR) is 188 cm³/mol. The highest BCUT2D eigenvalue weighted by Gasteiger charge is 2.50. The van der Waals surface area contributed by atoms with E-state index in [1.54, 1.807) is 0 Å². The van der Waals surface area contributed by atoms with E-state index in [1.807, 2.05) is 0 Å². The number of benzene rings is 2. The standard InChI is InChI=1S/C37H58O5Si2/c1-28(2)43(29(3)4,30(5)6)42-34-26-32(18-17-24-39-31(7)38)41-33(27-34)23-25-40-44(37(8,9)10,35-19-13-11-14-20-35)36-21-15-12-16-22-36/h11-16,19-22,26,28-30,33-34H,17-18,23-25,27H2,1-10H3/t33-,34+/m1/s1. The van der Waals surface area contributed by atoms with Crippen LogP contribution in [0.25, 0.3) is 0 Å². The van der Waals surface area contributed by atoms with Crippen molar-refractivity contribution < 1.29 is 23.1 Å². The molecule has 1 aliphatic heterocycles. The van der Waals surface area contributed by atoms with Crippen molar-refractivity contribution in [3.05, 3.63) is 72.5 Å². The first-order chi connectivity index (χ1) is 20.7. The molecule has 0 saturated carbocycles. The zero-order chi connectivity index (χ0) is 32.5. The van der Waals surface area contributed by atoms with Gasteiger partial charge >= 0.3 is 5.97 Å². The Kier molecular flexibility index (Phi) is 13.1. The summed E-state index contributed by atoms with van der Waals surface area (Å²) in [4.78, 5) is 11.3. The highest BCUT2D eigenvalue weighted by atomic mass is 28.4. The van der Waals surface area contributed by atoms with E-state index in [0.29, 0.717) is 29.8 Å². The van der Waals surface area contributed by atoms with E-state index in [0.717, 1.165) is 31.4 Å². The van der Waals surface area contributed by atoms with Crippen molar-refractivity contribution in [2.75, 3.05) is 13.2 Å². The van der Waals surface area contributed by atoms with Crippen molar-refractivity contribution >= 4 is 33.0 Å². The van der Waals surface area contributed by atoms with Gasteiger partial charge < -0.3 is 18.3 Å². The maximum absolute atomic E-state index is 11.3. The number of hydrogen-bond acceptors (Lipinski definition) is 5. The first kappa shape index (κ1) is 36.3. The molecule has 1 heterocycles. The molecule has 0 bridgehead atoms. The summed E-state index contributed by atoms with van der Waals surface area (Å²) >= 11 is 0. The van der Waals surface area contributed by atoms with Crippen LogP contribution >= 0.6 is 0 Å². The summed E-state index contributed by atoms with van der Waals surface area (Å²) in [6, 6.07) is 21.6. The fourth-order valence-electron chi connectivity index (χ4n) is 7.47. The predicted octanol–water partition coefficient (Wildman–Crippen LogP) is 8.53. The van der Waals surface area contributed by atoms with Gasteiger partial charge in [0.05, 0.1) is 18.5 Å². The maximum atomic E-state index is 11.3. The molecule has 0 amide bonds. The molecule has 244 valence electrons. The Labute approximate surface area is 270 Å². The lowest BCUT2D eigenvalue weighted by Crippen LogP contribution is -2.66. The van der Waals surface area contributed by atoms with Crippen LogP contribution in [0.4, 0.5) is 0 Å². The third-order valence-electron chi connectivity index (χ3n) is 9.30. The number of rotatable bonds is 15. The molecule has 0 fully saturated rings.